The molecule has 0 spiro atoms. The van der Waals surface area contributed by atoms with Gasteiger partial charge < -0.3 is 20.3 Å². The summed E-state index contributed by atoms with van der Waals surface area (Å²) in [4.78, 5) is 44.8. The van der Waals surface area contributed by atoms with Crippen molar-refractivity contribution in [3.8, 4) is 0 Å². The van der Waals surface area contributed by atoms with Gasteiger partial charge in [-0.3, -0.25) is 19.1 Å². The topological polar surface area (TPSA) is 114 Å². The number of carbonyl (C=O) groups is 1. The molecular weight excluding hydrogens is 446 g/mol. The van der Waals surface area contributed by atoms with Gasteiger partial charge >= 0.3 is 5.69 Å². The van der Waals surface area contributed by atoms with Gasteiger partial charge in [0.15, 0.2) is 0 Å². The zero-order valence-electron chi connectivity index (χ0n) is 20.4. The average Bonchev–Trinajstić information content (AvgIpc) is 2.86. The summed E-state index contributed by atoms with van der Waals surface area (Å²) in [5, 5.41) is 0. The van der Waals surface area contributed by atoms with Crippen LogP contribution >= 0.6 is 0 Å². The number of amides is 1. The summed E-state index contributed by atoms with van der Waals surface area (Å²) < 4.78 is 6.93. The highest BCUT2D eigenvalue weighted by Crippen LogP contribution is 2.23. The lowest BCUT2D eigenvalue weighted by Crippen LogP contribution is -2.49. The molecule has 2 aliphatic rings. The normalized spacial score (nSPS) is 18.3. The maximum absolute atomic E-state index is 13.2. The van der Waals surface area contributed by atoms with Crippen LogP contribution < -0.4 is 21.9 Å². The highest BCUT2D eigenvalue weighted by Gasteiger charge is 2.26. The fourth-order valence-corrected chi connectivity index (χ4v) is 4.79. The lowest BCUT2D eigenvalue weighted by atomic mass is 9.97. The van der Waals surface area contributed by atoms with E-state index >= 15 is 0 Å². The Bertz CT molecular complexity index is 1170. The molecule has 0 radical (unpaired) electrons. The van der Waals surface area contributed by atoms with Crippen molar-refractivity contribution < 1.29 is 9.53 Å². The molecule has 0 bridgehead atoms. The Morgan fingerprint density at radius 2 is 2.03 bits per heavy atom. The van der Waals surface area contributed by atoms with Gasteiger partial charge in [-0.2, -0.15) is 0 Å². The van der Waals surface area contributed by atoms with Crippen molar-refractivity contribution in [2.24, 2.45) is 0 Å². The minimum Gasteiger partial charge on any atom is -0.383 e. The Hall–Kier alpha value is -3.33. The maximum atomic E-state index is 13.2. The summed E-state index contributed by atoms with van der Waals surface area (Å²) in [5.74, 6) is -0.0132. The second-order valence-electron chi connectivity index (χ2n) is 9.37. The van der Waals surface area contributed by atoms with Crippen molar-refractivity contribution in [1.82, 2.24) is 14.5 Å². The van der Waals surface area contributed by atoms with Crippen molar-refractivity contribution in [2.45, 2.75) is 51.7 Å². The van der Waals surface area contributed by atoms with Crippen LogP contribution in [0.5, 0.6) is 0 Å². The molecule has 0 saturated carbocycles. The molecule has 1 saturated heterocycles. The molecule has 1 unspecified atom stereocenters. The molecule has 2 heterocycles. The zero-order valence-corrected chi connectivity index (χ0v) is 20.4. The van der Waals surface area contributed by atoms with Crippen molar-refractivity contribution in [2.75, 3.05) is 43.4 Å². The Labute approximate surface area is 205 Å². The van der Waals surface area contributed by atoms with E-state index in [2.05, 4.69) is 11.1 Å². The van der Waals surface area contributed by atoms with E-state index in [1.807, 2.05) is 37.3 Å². The van der Waals surface area contributed by atoms with E-state index in [4.69, 9.17) is 10.5 Å². The predicted molar refractivity (Wildman–Crippen MR) is 137 cm³/mol. The Kier molecular flexibility index (Phi) is 8.07. The number of hydrogen-bond donors (Lipinski definition) is 2. The maximum Gasteiger partial charge on any atom is 0.330 e. The number of aromatic nitrogens is 2. The molecule has 1 atom stereocenters. The van der Waals surface area contributed by atoms with E-state index in [1.54, 1.807) is 9.80 Å². The second-order valence-corrected chi connectivity index (χ2v) is 9.37. The van der Waals surface area contributed by atoms with Crippen LogP contribution in [0.3, 0.4) is 0 Å². The van der Waals surface area contributed by atoms with Crippen molar-refractivity contribution in [3.05, 3.63) is 68.4 Å². The van der Waals surface area contributed by atoms with E-state index in [9.17, 15) is 14.4 Å². The van der Waals surface area contributed by atoms with Gasteiger partial charge in [-0.15, -0.1) is 0 Å². The van der Waals surface area contributed by atoms with E-state index < -0.39 is 11.2 Å². The largest absolute Gasteiger partial charge is 0.383 e. The van der Waals surface area contributed by atoms with Crippen LogP contribution in [0.25, 0.3) is 0 Å². The highest BCUT2D eigenvalue weighted by molar-refractivity contribution is 5.82. The van der Waals surface area contributed by atoms with Gasteiger partial charge in [0, 0.05) is 19.6 Å². The molecule has 1 aromatic carbocycles. The van der Waals surface area contributed by atoms with Gasteiger partial charge in [-0.1, -0.05) is 42.0 Å². The van der Waals surface area contributed by atoms with E-state index in [0.717, 1.165) is 31.2 Å². The van der Waals surface area contributed by atoms with Crippen LogP contribution in [0, 0.1) is 0 Å². The number of allylic oxidation sites excluding steroid dienone is 1. The van der Waals surface area contributed by atoms with Crippen LogP contribution in [0.15, 0.2) is 51.6 Å². The van der Waals surface area contributed by atoms with Gasteiger partial charge in [-0.25, -0.2) is 4.79 Å². The molecule has 4 rings (SSSR count). The first-order valence-electron chi connectivity index (χ1n) is 12.4. The molecule has 9 heteroatoms. The molecule has 1 aliphatic carbocycles. The summed E-state index contributed by atoms with van der Waals surface area (Å²) in [7, 11) is 0. The highest BCUT2D eigenvalue weighted by atomic mass is 16.5. The molecule has 188 valence electrons. The Balaban J connectivity index is 1.64. The van der Waals surface area contributed by atoms with Crippen LogP contribution in [0.1, 0.15) is 44.6 Å². The quantitative estimate of drug-likeness (QED) is 0.559. The minimum atomic E-state index is -0.572. The zero-order chi connectivity index (χ0) is 24.8. The number of benzene rings is 1. The fourth-order valence-electron chi connectivity index (χ4n) is 4.79. The third-order valence-electron chi connectivity index (χ3n) is 6.72. The standard InChI is InChI=1S/C26H35N5O4/c1-19-16-29(14-15-35-19)22(32)18-30(13-12-20-8-4-2-5-9-20)23-24(27)31(26(34)28-25(23)33)17-21-10-6-3-7-11-21/h3,6-8,10-11,19H,2,4-5,9,12-18,27H2,1H3,(H,28,33,34). The SMILES string of the molecule is CC1CN(C(=O)CN(CCC2=CCCCC2)c2c(N)n(Cc3ccccc3)c(=O)[nH]c2=O)CCO1. The lowest BCUT2D eigenvalue weighted by Gasteiger charge is -2.34. The average molecular weight is 482 g/mol. The predicted octanol–water partition coefficient (Wildman–Crippen LogP) is 2.11. The number of aromatic amines is 1. The summed E-state index contributed by atoms with van der Waals surface area (Å²) in [5.41, 5.74) is 7.72. The van der Waals surface area contributed by atoms with Gasteiger partial charge in [0.25, 0.3) is 5.56 Å². The number of morpholine rings is 1. The molecule has 3 N–H and O–H groups in total. The molecule has 1 fully saturated rings. The number of carbonyl (C=O) groups excluding carboxylic acids is 1. The molecule has 2 aromatic rings. The number of H-pyrrole nitrogens is 1. The first-order chi connectivity index (χ1) is 16.9. The number of hydrogen-bond acceptors (Lipinski definition) is 6. The van der Waals surface area contributed by atoms with Crippen LogP contribution in [0.2, 0.25) is 0 Å². The monoisotopic (exact) mass is 481 g/mol. The van der Waals surface area contributed by atoms with Crippen LogP contribution in [0.4, 0.5) is 11.5 Å². The van der Waals surface area contributed by atoms with Gasteiger partial charge in [0.05, 0.1) is 25.8 Å². The number of anilines is 2. The molecule has 35 heavy (non-hydrogen) atoms. The lowest BCUT2D eigenvalue weighted by molar-refractivity contribution is -0.136. The number of nitrogens with one attached hydrogen (secondary N) is 1. The molecule has 1 amide bonds. The number of nitrogens with two attached hydrogens (primary N) is 1. The van der Waals surface area contributed by atoms with E-state index in [1.165, 1.54) is 16.6 Å². The number of nitrogens with zero attached hydrogens (tertiary/aromatic N) is 3. The molecular formula is C26H35N5O4. The Morgan fingerprint density at radius 1 is 1.23 bits per heavy atom. The molecule has 1 aliphatic heterocycles. The van der Waals surface area contributed by atoms with Crippen molar-refractivity contribution in [3.63, 3.8) is 0 Å². The van der Waals surface area contributed by atoms with Crippen molar-refractivity contribution in [1.29, 1.82) is 0 Å². The molecule has 1 aromatic heterocycles. The van der Waals surface area contributed by atoms with E-state index in [0.29, 0.717) is 26.2 Å². The summed E-state index contributed by atoms with van der Waals surface area (Å²) in [6.45, 7) is 4.16. The van der Waals surface area contributed by atoms with E-state index in [-0.39, 0.29) is 36.6 Å². The minimum absolute atomic E-state index is 0.0107. The summed E-state index contributed by atoms with van der Waals surface area (Å²) >= 11 is 0. The second kappa shape index (κ2) is 11.4. The first-order valence-corrected chi connectivity index (χ1v) is 12.4. The van der Waals surface area contributed by atoms with Gasteiger partial charge in [-0.05, 0) is 44.6 Å². The van der Waals surface area contributed by atoms with Crippen molar-refractivity contribution >= 4 is 17.4 Å². The summed E-state index contributed by atoms with van der Waals surface area (Å²) in [6.07, 6.45) is 7.40. The number of nitrogen functional groups attached to an aromatic ring is 1. The number of rotatable bonds is 8. The number of ether oxygens (including phenoxy) is 1. The third-order valence-corrected chi connectivity index (χ3v) is 6.72. The Morgan fingerprint density at radius 3 is 2.74 bits per heavy atom. The van der Waals surface area contributed by atoms with Gasteiger partial charge in [0.2, 0.25) is 5.91 Å². The fraction of sp³-hybridized carbons (Fsp3) is 0.500. The summed E-state index contributed by atoms with van der Waals surface area (Å²) in [6, 6.07) is 9.46. The molecule has 9 nitrogen and oxygen atoms in total. The third kappa shape index (κ3) is 6.22. The van der Waals surface area contributed by atoms with Crippen LogP contribution in [-0.2, 0) is 16.1 Å². The first kappa shape index (κ1) is 24.8. The van der Waals surface area contributed by atoms with Gasteiger partial charge in [0.1, 0.15) is 11.5 Å². The smallest absolute Gasteiger partial charge is 0.330 e. The van der Waals surface area contributed by atoms with Crippen LogP contribution in [-0.4, -0.2) is 59.2 Å².